The van der Waals surface area contributed by atoms with Gasteiger partial charge in [0.25, 0.3) is 11.8 Å². The average molecular weight is 355 g/mol. The molecule has 0 saturated carbocycles. The number of hydrogen-bond donors (Lipinski definition) is 2. The van der Waals surface area contributed by atoms with Crippen molar-refractivity contribution in [2.75, 3.05) is 19.0 Å². The van der Waals surface area contributed by atoms with Crippen molar-refractivity contribution in [3.05, 3.63) is 53.3 Å². The van der Waals surface area contributed by atoms with Crippen molar-refractivity contribution in [1.29, 1.82) is 0 Å². The maximum Gasteiger partial charge on any atom is 0.274 e. The molecule has 1 aromatic heterocycles. The summed E-state index contributed by atoms with van der Waals surface area (Å²) in [6, 6.07) is 10.3. The maximum atomic E-state index is 12.5. The fourth-order valence-electron chi connectivity index (χ4n) is 2.36. The number of amides is 2. The van der Waals surface area contributed by atoms with Crippen LogP contribution >= 0.6 is 0 Å². The molecule has 2 rings (SSSR count). The summed E-state index contributed by atoms with van der Waals surface area (Å²) in [5.41, 5.74) is 1.95. The predicted molar refractivity (Wildman–Crippen MR) is 102 cm³/mol. The van der Waals surface area contributed by atoms with E-state index < -0.39 is 5.91 Å². The zero-order valence-electron chi connectivity index (χ0n) is 15.6. The van der Waals surface area contributed by atoms with E-state index in [1.54, 1.807) is 31.4 Å². The molecule has 1 aromatic carbocycles. The van der Waals surface area contributed by atoms with Crippen molar-refractivity contribution in [3.8, 4) is 5.75 Å². The molecule has 0 saturated heterocycles. The number of anilines is 1. The average Bonchev–Trinajstić information content (AvgIpc) is 2.61. The van der Waals surface area contributed by atoms with Crippen LogP contribution in [0.15, 0.2) is 36.4 Å². The molecule has 2 aromatic rings. The summed E-state index contributed by atoms with van der Waals surface area (Å²) in [4.78, 5) is 28.9. The molecule has 138 valence electrons. The third-order valence-corrected chi connectivity index (χ3v) is 3.82. The molecule has 0 spiro atoms. The summed E-state index contributed by atoms with van der Waals surface area (Å²) in [5, 5.41) is 5.60. The van der Waals surface area contributed by atoms with Crippen molar-refractivity contribution in [3.63, 3.8) is 0 Å². The van der Waals surface area contributed by atoms with Crippen molar-refractivity contribution >= 4 is 17.5 Å². The monoisotopic (exact) mass is 355 g/mol. The standard InChI is InChI=1S/C20H25N3O3/c1-13(2)10-11-21-19(24)15-6-5-7-16(22-15)20(25)23-17-12-14(3)8-9-18(17)26-4/h5-9,12-13H,10-11H2,1-4H3,(H,21,24)(H,23,25). The molecule has 0 unspecified atom stereocenters. The molecule has 6 heteroatoms. The Kier molecular flexibility index (Phi) is 6.72. The molecule has 2 amide bonds. The lowest BCUT2D eigenvalue weighted by Crippen LogP contribution is -2.27. The summed E-state index contributed by atoms with van der Waals surface area (Å²) in [6.07, 6.45) is 0.888. The van der Waals surface area contributed by atoms with Gasteiger partial charge in [-0.2, -0.15) is 0 Å². The first kappa shape index (κ1) is 19.4. The maximum absolute atomic E-state index is 12.5. The van der Waals surface area contributed by atoms with Gasteiger partial charge in [0, 0.05) is 6.54 Å². The van der Waals surface area contributed by atoms with E-state index in [1.165, 1.54) is 0 Å². The van der Waals surface area contributed by atoms with E-state index in [4.69, 9.17) is 4.74 Å². The zero-order chi connectivity index (χ0) is 19.1. The predicted octanol–water partition coefficient (Wildman–Crippen LogP) is 3.43. The normalized spacial score (nSPS) is 10.5. The number of methoxy groups -OCH3 is 1. The van der Waals surface area contributed by atoms with Crippen LogP contribution in [0.5, 0.6) is 5.75 Å². The van der Waals surface area contributed by atoms with Crippen LogP contribution < -0.4 is 15.4 Å². The molecule has 0 aliphatic carbocycles. The van der Waals surface area contributed by atoms with Gasteiger partial charge in [-0.15, -0.1) is 0 Å². The van der Waals surface area contributed by atoms with E-state index in [9.17, 15) is 9.59 Å². The van der Waals surface area contributed by atoms with Crippen LogP contribution in [0.3, 0.4) is 0 Å². The lowest BCUT2D eigenvalue weighted by atomic mass is 10.1. The molecule has 0 radical (unpaired) electrons. The van der Waals surface area contributed by atoms with Crippen LogP contribution in [0.4, 0.5) is 5.69 Å². The Morgan fingerprint density at radius 2 is 1.81 bits per heavy atom. The Hall–Kier alpha value is -2.89. The largest absolute Gasteiger partial charge is 0.495 e. The van der Waals surface area contributed by atoms with E-state index in [1.807, 2.05) is 19.1 Å². The number of aromatic nitrogens is 1. The third-order valence-electron chi connectivity index (χ3n) is 3.82. The molecular weight excluding hydrogens is 330 g/mol. The Morgan fingerprint density at radius 1 is 1.12 bits per heavy atom. The van der Waals surface area contributed by atoms with Crippen LogP contribution in [-0.4, -0.2) is 30.5 Å². The smallest absolute Gasteiger partial charge is 0.274 e. The van der Waals surface area contributed by atoms with Crippen LogP contribution in [0.1, 0.15) is 46.8 Å². The SMILES string of the molecule is COc1ccc(C)cc1NC(=O)c1cccc(C(=O)NCCC(C)C)n1. The van der Waals surface area contributed by atoms with Gasteiger partial charge in [0.15, 0.2) is 0 Å². The summed E-state index contributed by atoms with van der Waals surface area (Å²) < 4.78 is 5.26. The number of carbonyl (C=O) groups excluding carboxylic acids is 2. The Morgan fingerprint density at radius 3 is 2.46 bits per heavy atom. The first-order valence-electron chi connectivity index (χ1n) is 8.62. The van der Waals surface area contributed by atoms with E-state index in [-0.39, 0.29) is 17.3 Å². The van der Waals surface area contributed by atoms with E-state index in [2.05, 4.69) is 29.5 Å². The van der Waals surface area contributed by atoms with Gasteiger partial charge < -0.3 is 15.4 Å². The first-order valence-corrected chi connectivity index (χ1v) is 8.62. The molecule has 0 bridgehead atoms. The summed E-state index contributed by atoms with van der Waals surface area (Å²) >= 11 is 0. The highest BCUT2D eigenvalue weighted by Crippen LogP contribution is 2.25. The van der Waals surface area contributed by atoms with Crippen LogP contribution in [0.25, 0.3) is 0 Å². The number of rotatable bonds is 7. The van der Waals surface area contributed by atoms with Gasteiger partial charge >= 0.3 is 0 Å². The number of ether oxygens (including phenoxy) is 1. The fraction of sp³-hybridized carbons (Fsp3) is 0.350. The number of carbonyl (C=O) groups is 2. The molecule has 0 atom stereocenters. The highest BCUT2D eigenvalue weighted by molar-refractivity contribution is 6.04. The highest BCUT2D eigenvalue weighted by atomic mass is 16.5. The first-order chi connectivity index (χ1) is 12.4. The minimum Gasteiger partial charge on any atom is -0.495 e. The van der Waals surface area contributed by atoms with Gasteiger partial charge in [-0.1, -0.05) is 26.0 Å². The zero-order valence-corrected chi connectivity index (χ0v) is 15.6. The molecule has 26 heavy (non-hydrogen) atoms. The van der Waals surface area contributed by atoms with Gasteiger partial charge in [0.2, 0.25) is 0 Å². The van der Waals surface area contributed by atoms with Gasteiger partial charge in [-0.25, -0.2) is 4.98 Å². The van der Waals surface area contributed by atoms with E-state index >= 15 is 0 Å². The minimum atomic E-state index is -0.397. The topological polar surface area (TPSA) is 80.3 Å². The van der Waals surface area contributed by atoms with Gasteiger partial charge in [0.05, 0.1) is 12.8 Å². The summed E-state index contributed by atoms with van der Waals surface area (Å²) in [7, 11) is 1.54. The van der Waals surface area contributed by atoms with Crippen LogP contribution in [-0.2, 0) is 0 Å². The molecule has 2 N–H and O–H groups in total. The lowest BCUT2D eigenvalue weighted by molar-refractivity contribution is 0.0947. The number of aryl methyl sites for hydroxylation is 1. The number of nitrogens with one attached hydrogen (secondary N) is 2. The number of benzene rings is 1. The second-order valence-electron chi connectivity index (χ2n) is 6.50. The minimum absolute atomic E-state index is 0.171. The summed E-state index contributed by atoms with van der Waals surface area (Å²) in [6.45, 7) is 6.69. The molecule has 0 aliphatic rings. The highest BCUT2D eigenvalue weighted by Gasteiger charge is 2.14. The molecule has 1 heterocycles. The van der Waals surface area contributed by atoms with Gasteiger partial charge in [0.1, 0.15) is 17.1 Å². The lowest BCUT2D eigenvalue weighted by Gasteiger charge is -2.11. The van der Waals surface area contributed by atoms with Crippen molar-refractivity contribution in [1.82, 2.24) is 10.3 Å². The van der Waals surface area contributed by atoms with E-state index in [0.29, 0.717) is 23.9 Å². The second-order valence-corrected chi connectivity index (χ2v) is 6.50. The quantitative estimate of drug-likeness (QED) is 0.797. The Bertz CT molecular complexity index is 788. The molecule has 0 aliphatic heterocycles. The summed E-state index contributed by atoms with van der Waals surface area (Å²) in [5.74, 6) is 0.385. The molecule has 0 fully saturated rings. The fourth-order valence-corrected chi connectivity index (χ4v) is 2.36. The Labute approximate surface area is 154 Å². The van der Waals surface area contributed by atoms with Crippen molar-refractivity contribution in [2.24, 2.45) is 5.92 Å². The second kappa shape index (κ2) is 8.99. The van der Waals surface area contributed by atoms with Crippen molar-refractivity contribution in [2.45, 2.75) is 27.2 Å². The molecule has 6 nitrogen and oxygen atoms in total. The van der Waals surface area contributed by atoms with Crippen LogP contribution in [0, 0.1) is 12.8 Å². The van der Waals surface area contributed by atoms with Crippen molar-refractivity contribution < 1.29 is 14.3 Å². The Balaban J connectivity index is 2.10. The molecular formula is C20H25N3O3. The van der Waals surface area contributed by atoms with E-state index in [0.717, 1.165) is 12.0 Å². The number of pyridine rings is 1. The third kappa shape index (κ3) is 5.31. The van der Waals surface area contributed by atoms with Gasteiger partial charge in [-0.3, -0.25) is 9.59 Å². The number of hydrogen-bond acceptors (Lipinski definition) is 4. The van der Waals surface area contributed by atoms with Crippen LogP contribution in [0.2, 0.25) is 0 Å². The number of nitrogens with zero attached hydrogens (tertiary/aromatic N) is 1. The van der Waals surface area contributed by atoms with Gasteiger partial charge in [-0.05, 0) is 49.1 Å².